The number of thiophene rings is 1. The molecule has 0 aliphatic carbocycles. The Labute approximate surface area is 158 Å². The maximum absolute atomic E-state index is 13.0. The molecule has 0 bridgehead atoms. The molecule has 0 aliphatic rings. The van der Waals surface area contributed by atoms with Gasteiger partial charge in [-0.2, -0.15) is 13.2 Å². The summed E-state index contributed by atoms with van der Waals surface area (Å²) in [4.78, 5) is 12.9. The van der Waals surface area contributed by atoms with Crippen molar-refractivity contribution < 1.29 is 22.2 Å². The summed E-state index contributed by atoms with van der Waals surface area (Å²) >= 11 is 12.6. The van der Waals surface area contributed by atoms with E-state index in [1.54, 1.807) is 12.1 Å². The molecular formula is C15H12Cl2F3NO2S2. The lowest BCUT2D eigenvalue weighted by molar-refractivity contribution is -0.137. The van der Waals surface area contributed by atoms with Gasteiger partial charge in [-0.1, -0.05) is 23.2 Å². The van der Waals surface area contributed by atoms with Crippen molar-refractivity contribution in [1.82, 2.24) is 0 Å². The largest absolute Gasteiger partial charge is 0.418 e. The van der Waals surface area contributed by atoms with Gasteiger partial charge in [-0.25, -0.2) is 0 Å². The molecule has 10 heteroatoms. The highest BCUT2D eigenvalue weighted by Crippen LogP contribution is 2.36. The Morgan fingerprint density at radius 2 is 1.96 bits per heavy atom. The van der Waals surface area contributed by atoms with Crippen molar-refractivity contribution in [1.29, 1.82) is 0 Å². The van der Waals surface area contributed by atoms with Crippen molar-refractivity contribution in [3.8, 4) is 0 Å². The van der Waals surface area contributed by atoms with Gasteiger partial charge < -0.3 is 5.32 Å². The summed E-state index contributed by atoms with van der Waals surface area (Å²) in [6.45, 7) is 1.39. The van der Waals surface area contributed by atoms with Crippen LogP contribution in [0.4, 0.5) is 18.9 Å². The van der Waals surface area contributed by atoms with Crippen molar-refractivity contribution in [2.24, 2.45) is 0 Å². The van der Waals surface area contributed by atoms with Gasteiger partial charge in [0, 0.05) is 20.7 Å². The number of hydrogen-bond donors (Lipinski definition) is 1. The van der Waals surface area contributed by atoms with E-state index in [1.165, 1.54) is 24.3 Å². The molecular weight excluding hydrogens is 418 g/mol. The van der Waals surface area contributed by atoms with Crippen LogP contribution in [0.25, 0.3) is 0 Å². The average Bonchev–Trinajstić information content (AvgIpc) is 2.92. The van der Waals surface area contributed by atoms with E-state index in [0.717, 1.165) is 17.0 Å². The smallest absolute Gasteiger partial charge is 0.324 e. The highest BCUT2D eigenvalue weighted by atomic mass is 35.5. The SMILES string of the molecule is CC(C(=O)Nc1ccc(Cl)cc1C(F)(F)F)S(=O)Cc1ccc(Cl)s1. The fourth-order valence-corrected chi connectivity index (χ4v) is 4.47. The summed E-state index contributed by atoms with van der Waals surface area (Å²) in [5.41, 5.74) is -1.48. The molecule has 136 valence electrons. The normalized spacial score (nSPS) is 14.2. The second-order valence-corrected chi connectivity index (χ2v) is 9.04. The van der Waals surface area contributed by atoms with Gasteiger partial charge in [-0.3, -0.25) is 9.00 Å². The first-order valence-corrected chi connectivity index (χ1v) is 9.82. The Morgan fingerprint density at radius 1 is 1.28 bits per heavy atom. The van der Waals surface area contributed by atoms with E-state index in [9.17, 15) is 22.2 Å². The van der Waals surface area contributed by atoms with Crippen LogP contribution >= 0.6 is 34.5 Å². The molecule has 0 spiro atoms. The maximum atomic E-state index is 13.0. The molecule has 1 aromatic heterocycles. The van der Waals surface area contributed by atoms with Gasteiger partial charge in [0.2, 0.25) is 5.91 Å². The minimum absolute atomic E-state index is 0.0960. The van der Waals surface area contributed by atoms with Crippen LogP contribution in [0, 0.1) is 0 Å². The molecule has 3 nitrogen and oxygen atoms in total. The number of anilines is 1. The molecule has 1 amide bonds. The summed E-state index contributed by atoms with van der Waals surface area (Å²) in [6.07, 6.45) is -4.68. The molecule has 1 N–H and O–H groups in total. The van der Waals surface area contributed by atoms with Crippen molar-refractivity contribution in [2.45, 2.75) is 24.1 Å². The van der Waals surface area contributed by atoms with Crippen LogP contribution in [0.1, 0.15) is 17.4 Å². The number of hydrogen-bond acceptors (Lipinski definition) is 3. The third-order valence-corrected chi connectivity index (χ3v) is 6.47. The second-order valence-electron chi connectivity index (χ2n) is 5.05. The first-order chi connectivity index (χ1) is 11.6. The zero-order valence-electron chi connectivity index (χ0n) is 12.7. The van der Waals surface area contributed by atoms with Crippen LogP contribution in [0.3, 0.4) is 0 Å². The number of benzene rings is 1. The Bertz CT molecular complexity index is 808. The predicted molar refractivity (Wildman–Crippen MR) is 95.7 cm³/mol. The highest BCUT2D eigenvalue weighted by Gasteiger charge is 2.34. The summed E-state index contributed by atoms with van der Waals surface area (Å²) < 4.78 is 51.9. The third kappa shape index (κ3) is 5.44. The van der Waals surface area contributed by atoms with E-state index >= 15 is 0 Å². The Hall–Kier alpha value is -1.09. The number of nitrogens with one attached hydrogen (secondary N) is 1. The molecule has 2 atom stereocenters. The molecule has 2 aromatic rings. The number of halogens is 5. The number of carbonyl (C=O) groups excluding carboxylic acids is 1. The van der Waals surface area contributed by atoms with Crippen LogP contribution < -0.4 is 5.32 Å². The van der Waals surface area contributed by atoms with E-state index in [4.69, 9.17) is 23.2 Å². The van der Waals surface area contributed by atoms with Crippen molar-refractivity contribution in [3.63, 3.8) is 0 Å². The number of amides is 1. The van der Waals surface area contributed by atoms with Crippen molar-refractivity contribution in [2.75, 3.05) is 5.32 Å². The molecule has 1 heterocycles. The first kappa shape index (κ1) is 20.2. The van der Waals surface area contributed by atoms with Crippen molar-refractivity contribution in [3.05, 3.63) is 50.1 Å². The molecule has 0 saturated carbocycles. The van der Waals surface area contributed by atoms with E-state index < -0.39 is 39.4 Å². The summed E-state index contributed by atoms with van der Waals surface area (Å²) in [7, 11) is -1.61. The van der Waals surface area contributed by atoms with Gasteiger partial charge >= 0.3 is 6.18 Å². The number of rotatable bonds is 5. The molecule has 2 unspecified atom stereocenters. The lowest BCUT2D eigenvalue weighted by Gasteiger charge is -2.16. The summed E-state index contributed by atoms with van der Waals surface area (Å²) in [6, 6.07) is 6.37. The zero-order chi connectivity index (χ0) is 18.8. The van der Waals surface area contributed by atoms with E-state index in [0.29, 0.717) is 4.34 Å². The Kier molecular flexibility index (Phi) is 6.53. The molecule has 25 heavy (non-hydrogen) atoms. The van der Waals surface area contributed by atoms with Crippen LogP contribution in [0.15, 0.2) is 30.3 Å². The van der Waals surface area contributed by atoms with Crippen LogP contribution in [-0.4, -0.2) is 15.4 Å². The topological polar surface area (TPSA) is 46.2 Å². The molecule has 0 fully saturated rings. The summed E-state index contributed by atoms with van der Waals surface area (Å²) in [5, 5.41) is 1.08. The maximum Gasteiger partial charge on any atom is 0.418 e. The Morgan fingerprint density at radius 3 is 2.52 bits per heavy atom. The van der Waals surface area contributed by atoms with Gasteiger partial charge in [0.25, 0.3) is 0 Å². The number of alkyl halides is 3. The van der Waals surface area contributed by atoms with Gasteiger partial charge in [-0.15, -0.1) is 11.3 Å². The quantitative estimate of drug-likeness (QED) is 0.695. The van der Waals surface area contributed by atoms with Gasteiger partial charge in [0.05, 0.1) is 21.3 Å². The first-order valence-electron chi connectivity index (χ1n) is 6.87. The fraction of sp³-hybridized carbons (Fsp3) is 0.267. The van der Waals surface area contributed by atoms with Gasteiger partial charge in [0.1, 0.15) is 5.25 Å². The second kappa shape index (κ2) is 8.07. The van der Waals surface area contributed by atoms with E-state index in [1.807, 2.05) is 0 Å². The standard InChI is InChI=1S/C15H12Cl2F3NO2S2/c1-8(25(23)7-10-3-5-13(17)24-10)14(22)21-12-4-2-9(16)6-11(12)15(18,19)20/h2-6,8H,7H2,1H3,(H,21,22). The van der Waals surface area contributed by atoms with E-state index in [-0.39, 0.29) is 10.8 Å². The van der Waals surface area contributed by atoms with Crippen molar-refractivity contribution >= 4 is 56.9 Å². The highest BCUT2D eigenvalue weighted by molar-refractivity contribution is 7.85. The molecule has 0 saturated heterocycles. The van der Waals surface area contributed by atoms with Crippen LogP contribution in [-0.2, 0) is 27.5 Å². The van der Waals surface area contributed by atoms with Crippen LogP contribution in [0.2, 0.25) is 9.36 Å². The minimum atomic E-state index is -4.68. The lowest BCUT2D eigenvalue weighted by atomic mass is 10.1. The fourth-order valence-electron chi connectivity index (χ4n) is 1.91. The average molecular weight is 430 g/mol. The Balaban J connectivity index is 2.12. The predicted octanol–water partition coefficient (Wildman–Crippen LogP) is 5.35. The minimum Gasteiger partial charge on any atom is -0.324 e. The molecule has 0 radical (unpaired) electrons. The van der Waals surface area contributed by atoms with E-state index in [2.05, 4.69) is 5.32 Å². The molecule has 2 rings (SSSR count). The molecule has 0 aliphatic heterocycles. The van der Waals surface area contributed by atoms with Gasteiger partial charge in [0.15, 0.2) is 0 Å². The van der Waals surface area contributed by atoms with Gasteiger partial charge in [-0.05, 0) is 37.3 Å². The third-order valence-electron chi connectivity index (χ3n) is 3.22. The van der Waals surface area contributed by atoms with Crippen LogP contribution in [0.5, 0.6) is 0 Å². The lowest BCUT2D eigenvalue weighted by Crippen LogP contribution is -2.30. The number of carbonyl (C=O) groups is 1. The molecule has 1 aromatic carbocycles. The monoisotopic (exact) mass is 429 g/mol. The zero-order valence-corrected chi connectivity index (χ0v) is 15.8. The summed E-state index contributed by atoms with van der Waals surface area (Å²) in [5.74, 6) is -0.674.